The van der Waals surface area contributed by atoms with Crippen LogP contribution in [0.5, 0.6) is 0 Å². The largest absolute Gasteiger partial charge is 0.0882 e. The van der Waals surface area contributed by atoms with E-state index in [4.69, 9.17) is 23.2 Å². The number of allylic oxidation sites excluding steroid dienone is 4. The van der Waals surface area contributed by atoms with E-state index in [1.807, 2.05) is 0 Å². The second-order valence-corrected chi connectivity index (χ2v) is 3.27. The first-order valence-corrected chi connectivity index (χ1v) is 4.24. The van der Waals surface area contributed by atoms with Crippen LogP contribution < -0.4 is 0 Å². The van der Waals surface area contributed by atoms with Crippen LogP contribution in [-0.4, -0.2) is 0 Å². The molecule has 0 N–H and O–H groups in total. The molecule has 0 saturated carbocycles. The van der Waals surface area contributed by atoms with Crippen molar-refractivity contribution in [3.63, 3.8) is 0 Å². The van der Waals surface area contributed by atoms with Gasteiger partial charge in [0.05, 0.1) is 0 Å². The molecule has 0 aromatic heterocycles. The standard InChI is InChI=1S/C8H10Cl2.Pd/c9-7-5-3-1-2-4-6-8(7)10;/h1-2H,3-6H2;. The van der Waals surface area contributed by atoms with Gasteiger partial charge < -0.3 is 0 Å². The van der Waals surface area contributed by atoms with Crippen molar-refractivity contribution in [2.75, 3.05) is 0 Å². The van der Waals surface area contributed by atoms with Crippen molar-refractivity contribution >= 4 is 23.2 Å². The fourth-order valence-electron chi connectivity index (χ4n) is 0.927. The van der Waals surface area contributed by atoms with Gasteiger partial charge in [-0.25, -0.2) is 0 Å². The van der Waals surface area contributed by atoms with E-state index in [2.05, 4.69) is 12.2 Å². The van der Waals surface area contributed by atoms with Gasteiger partial charge in [0.15, 0.2) is 0 Å². The number of hydrogen-bond acceptors (Lipinski definition) is 0. The topological polar surface area (TPSA) is 0 Å². The number of halogens is 2. The minimum absolute atomic E-state index is 0. The molecule has 3 heteroatoms. The molecular weight excluding hydrogens is 273 g/mol. The SMILES string of the molecule is ClC1=C(Cl)CCC=CCC1.[Pd]. The monoisotopic (exact) mass is 282 g/mol. The van der Waals surface area contributed by atoms with Gasteiger partial charge in [0, 0.05) is 30.5 Å². The molecule has 0 aromatic rings. The van der Waals surface area contributed by atoms with Crippen LogP contribution in [0.25, 0.3) is 0 Å². The normalized spacial score (nSPS) is 18.7. The quantitative estimate of drug-likeness (QED) is 0.468. The number of hydrogen-bond donors (Lipinski definition) is 0. The van der Waals surface area contributed by atoms with Gasteiger partial charge in [-0.15, -0.1) is 0 Å². The third-order valence-electron chi connectivity index (χ3n) is 1.52. The van der Waals surface area contributed by atoms with Crippen LogP contribution >= 0.6 is 23.2 Å². The van der Waals surface area contributed by atoms with Crippen molar-refractivity contribution < 1.29 is 20.4 Å². The summed E-state index contributed by atoms with van der Waals surface area (Å²) in [6.45, 7) is 0. The molecule has 66 valence electrons. The first-order chi connectivity index (χ1) is 4.80. The third kappa shape index (κ3) is 4.33. The Morgan fingerprint density at radius 1 is 0.909 bits per heavy atom. The van der Waals surface area contributed by atoms with Crippen molar-refractivity contribution in [1.29, 1.82) is 0 Å². The van der Waals surface area contributed by atoms with E-state index in [0.717, 1.165) is 35.7 Å². The van der Waals surface area contributed by atoms with Gasteiger partial charge in [0.2, 0.25) is 0 Å². The van der Waals surface area contributed by atoms with E-state index in [9.17, 15) is 0 Å². The molecule has 0 fully saturated rings. The van der Waals surface area contributed by atoms with Gasteiger partial charge in [0.25, 0.3) is 0 Å². The fraction of sp³-hybridized carbons (Fsp3) is 0.500. The van der Waals surface area contributed by atoms with E-state index in [0.29, 0.717) is 0 Å². The molecular formula is C8H10Cl2Pd. The Morgan fingerprint density at radius 3 is 1.64 bits per heavy atom. The Labute approximate surface area is 91.3 Å². The third-order valence-corrected chi connectivity index (χ3v) is 2.45. The molecule has 0 atom stereocenters. The van der Waals surface area contributed by atoms with Gasteiger partial charge in [-0.2, -0.15) is 0 Å². The Hall–Kier alpha value is 0.722. The molecule has 0 aromatic carbocycles. The Balaban J connectivity index is 0.000001000. The van der Waals surface area contributed by atoms with E-state index >= 15 is 0 Å². The van der Waals surface area contributed by atoms with Crippen LogP contribution in [0.4, 0.5) is 0 Å². The van der Waals surface area contributed by atoms with Crippen LogP contribution in [0, 0.1) is 0 Å². The average Bonchev–Trinajstić information content (AvgIpc) is 1.92. The van der Waals surface area contributed by atoms with Crippen LogP contribution in [0.15, 0.2) is 22.2 Å². The molecule has 0 bridgehead atoms. The Morgan fingerprint density at radius 2 is 1.27 bits per heavy atom. The molecule has 0 heterocycles. The van der Waals surface area contributed by atoms with E-state index in [-0.39, 0.29) is 20.4 Å². The summed E-state index contributed by atoms with van der Waals surface area (Å²) in [6, 6.07) is 0. The molecule has 1 aliphatic carbocycles. The van der Waals surface area contributed by atoms with E-state index in [1.54, 1.807) is 0 Å². The van der Waals surface area contributed by atoms with E-state index < -0.39 is 0 Å². The maximum absolute atomic E-state index is 5.86. The summed E-state index contributed by atoms with van der Waals surface area (Å²) >= 11 is 11.7. The van der Waals surface area contributed by atoms with Crippen molar-refractivity contribution in [2.24, 2.45) is 0 Å². The van der Waals surface area contributed by atoms with Gasteiger partial charge in [-0.3, -0.25) is 0 Å². The summed E-state index contributed by atoms with van der Waals surface area (Å²) < 4.78 is 0. The van der Waals surface area contributed by atoms with Crippen LogP contribution in [0.3, 0.4) is 0 Å². The van der Waals surface area contributed by atoms with Crippen LogP contribution in [0.1, 0.15) is 25.7 Å². The molecule has 0 spiro atoms. The first-order valence-electron chi connectivity index (χ1n) is 3.48. The maximum Gasteiger partial charge on any atom is 0.0329 e. The Kier molecular flexibility index (Phi) is 6.67. The Bertz CT molecular complexity index is 155. The minimum Gasteiger partial charge on any atom is -0.0882 e. The predicted molar refractivity (Wildman–Crippen MR) is 46.3 cm³/mol. The van der Waals surface area contributed by atoms with Crippen LogP contribution in [-0.2, 0) is 20.4 Å². The number of rotatable bonds is 0. The second kappa shape index (κ2) is 6.26. The van der Waals surface area contributed by atoms with Crippen LogP contribution in [0.2, 0.25) is 0 Å². The zero-order valence-corrected chi connectivity index (χ0v) is 9.12. The molecule has 0 nitrogen and oxygen atoms in total. The average molecular weight is 283 g/mol. The predicted octanol–water partition coefficient (Wildman–Crippen LogP) is 3.80. The summed E-state index contributed by atoms with van der Waals surface area (Å²) in [6.07, 6.45) is 8.16. The maximum atomic E-state index is 5.86. The molecule has 0 unspecified atom stereocenters. The van der Waals surface area contributed by atoms with Gasteiger partial charge in [0.1, 0.15) is 0 Å². The second-order valence-electron chi connectivity index (χ2n) is 2.36. The molecule has 0 amide bonds. The molecule has 1 aliphatic rings. The molecule has 0 saturated heterocycles. The van der Waals surface area contributed by atoms with Gasteiger partial charge in [-0.05, 0) is 25.7 Å². The van der Waals surface area contributed by atoms with Gasteiger partial charge in [-0.1, -0.05) is 35.4 Å². The zero-order chi connectivity index (χ0) is 7.40. The molecule has 1 rings (SSSR count). The van der Waals surface area contributed by atoms with Crippen molar-refractivity contribution in [1.82, 2.24) is 0 Å². The molecule has 0 aliphatic heterocycles. The first kappa shape index (κ1) is 11.7. The minimum atomic E-state index is 0. The smallest absolute Gasteiger partial charge is 0.0329 e. The van der Waals surface area contributed by atoms with E-state index in [1.165, 1.54) is 0 Å². The summed E-state index contributed by atoms with van der Waals surface area (Å²) in [7, 11) is 0. The summed E-state index contributed by atoms with van der Waals surface area (Å²) in [5, 5.41) is 1.68. The zero-order valence-electron chi connectivity index (χ0n) is 6.06. The summed E-state index contributed by atoms with van der Waals surface area (Å²) in [4.78, 5) is 0. The van der Waals surface area contributed by atoms with Gasteiger partial charge >= 0.3 is 0 Å². The van der Waals surface area contributed by atoms with Crippen molar-refractivity contribution in [3.8, 4) is 0 Å². The summed E-state index contributed by atoms with van der Waals surface area (Å²) in [5.41, 5.74) is 0. The molecule has 11 heavy (non-hydrogen) atoms. The van der Waals surface area contributed by atoms with Crippen molar-refractivity contribution in [2.45, 2.75) is 25.7 Å². The fourth-order valence-corrected chi connectivity index (χ4v) is 1.33. The summed E-state index contributed by atoms with van der Waals surface area (Å²) in [5.74, 6) is 0. The van der Waals surface area contributed by atoms with Crippen molar-refractivity contribution in [3.05, 3.63) is 22.2 Å². The molecule has 0 radical (unpaired) electrons.